The molecule has 5 rings (SSSR count). The van der Waals surface area contributed by atoms with E-state index in [2.05, 4.69) is 14.8 Å². The Hall–Kier alpha value is -2.67. The van der Waals surface area contributed by atoms with Gasteiger partial charge in [-0.1, -0.05) is 18.6 Å². The summed E-state index contributed by atoms with van der Waals surface area (Å²) in [5, 5.41) is 0. The molecule has 1 saturated heterocycles. The minimum atomic E-state index is 0.00112. The molecule has 2 aliphatic heterocycles. The molecule has 7 nitrogen and oxygen atoms in total. The van der Waals surface area contributed by atoms with Crippen molar-refractivity contribution >= 4 is 17.5 Å². The Morgan fingerprint density at radius 3 is 2.50 bits per heavy atom. The minimum absolute atomic E-state index is 0.00112. The topological polar surface area (TPSA) is 78.6 Å². The monoisotopic (exact) mass is 406 g/mol. The summed E-state index contributed by atoms with van der Waals surface area (Å²) in [4.78, 5) is 29.4. The molecule has 7 heteroatoms. The minimum Gasteiger partial charge on any atom is -0.398 e. The van der Waals surface area contributed by atoms with Gasteiger partial charge >= 0.3 is 0 Å². The first-order valence-electron chi connectivity index (χ1n) is 11.2. The van der Waals surface area contributed by atoms with Gasteiger partial charge in [0.25, 0.3) is 5.91 Å². The fourth-order valence-electron chi connectivity index (χ4n) is 4.72. The highest BCUT2D eigenvalue weighted by Gasteiger charge is 2.29. The Balaban J connectivity index is 1.25. The van der Waals surface area contributed by atoms with Crippen LogP contribution in [0.25, 0.3) is 0 Å². The lowest BCUT2D eigenvalue weighted by Gasteiger charge is -2.43. The highest BCUT2D eigenvalue weighted by Crippen LogP contribution is 2.26. The van der Waals surface area contributed by atoms with Crippen LogP contribution in [0.3, 0.4) is 0 Å². The number of hydrogen-bond acceptors (Lipinski definition) is 6. The number of anilines is 2. The van der Waals surface area contributed by atoms with E-state index in [1.54, 1.807) is 12.1 Å². The summed E-state index contributed by atoms with van der Waals surface area (Å²) in [6.45, 7) is 5.52. The molecular formula is C23H30N6O. The lowest BCUT2D eigenvalue weighted by Crippen LogP contribution is -2.52. The summed E-state index contributed by atoms with van der Waals surface area (Å²) in [5.41, 5.74) is 9.37. The van der Waals surface area contributed by atoms with E-state index in [4.69, 9.17) is 10.7 Å². The van der Waals surface area contributed by atoms with E-state index in [0.29, 0.717) is 24.3 Å². The predicted octanol–water partition coefficient (Wildman–Crippen LogP) is 1.97. The number of carbonyl (C=O) groups is 1. The number of hydrogen-bond donors (Lipinski definition) is 1. The molecule has 0 atom stereocenters. The van der Waals surface area contributed by atoms with Crippen LogP contribution in [0.15, 0.2) is 30.5 Å². The number of nitrogens with zero attached hydrogens (tertiary/aromatic N) is 5. The van der Waals surface area contributed by atoms with Crippen molar-refractivity contribution < 1.29 is 4.79 Å². The number of rotatable bonds is 3. The first-order chi connectivity index (χ1) is 14.7. The Bertz CT molecular complexity index is 920. The Morgan fingerprint density at radius 2 is 1.77 bits per heavy atom. The predicted molar refractivity (Wildman–Crippen MR) is 118 cm³/mol. The van der Waals surface area contributed by atoms with Crippen LogP contribution in [0.2, 0.25) is 0 Å². The van der Waals surface area contributed by atoms with E-state index in [9.17, 15) is 4.79 Å². The van der Waals surface area contributed by atoms with Gasteiger partial charge in [-0.2, -0.15) is 0 Å². The van der Waals surface area contributed by atoms with Crippen molar-refractivity contribution in [2.24, 2.45) is 0 Å². The van der Waals surface area contributed by atoms with Gasteiger partial charge in [0.05, 0.1) is 11.3 Å². The fourth-order valence-corrected chi connectivity index (χ4v) is 4.72. The van der Waals surface area contributed by atoms with Gasteiger partial charge in [0.2, 0.25) is 5.95 Å². The summed E-state index contributed by atoms with van der Waals surface area (Å²) in [6, 6.07) is 8.10. The normalized spacial score (nSPS) is 20.4. The molecule has 1 aromatic heterocycles. The highest BCUT2D eigenvalue weighted by atomic mass is 16.2. The Morgan fingerprint density at radius 1 is 1.00 bits per heavy atom. The smallest absolute Gasteiger partial charge is 0.255 e. The highest BCUT2D eigenvalue weighted by molar-refractivity contribution is 5.99. The van der Waals surface area contributed by atoms with Crippen LogP contribution in [-0.2, 0) is 12.8 Å². The average molecular weight is 407 g/mol. The second-order valence-corrected chi connectivity index (χ2v) is 8.63. The zero-order chi connectivity index (χ0) is 20.5. The maximum Gasteiger partial charge on any atom is 0.255 e. The van der Waals surface area contributed by atoms with Gasteiger partial charge in [0, 0.05) is 63.6 Å². The molecule has 3 aliphatic rings. The number of amides is 1. The fraction of sp³-hybridized carbons (Fsp3) is 0.522. The van der Waals surface area contributed by atoms with Crippen LogP contribution in [0.4, 0.5) is 11.6 Å². The van der Waals surface area contributed by atoms with E-state index in [1.165, 1.54) is 19.3 Å². The van der Waals surface area contributed by atoms with Gasteiger partial charge < -0.3 is 15.5 Å². The zero-order valence-corrected chi connectivity index (χ0v) is 17.5. The molecule has 158 valence electrons. The molecule has 0 unspecified atom stereocenters. The summed E-state index contributed by atoms with van der Waals surface area (Å²) < 4.78 is 0. The van der Waals surface area contributed by atoms with Crippen LogP contribution in [0, 0.1) is 0 Å². The number of fused-ring (bicyclic) bond motifs is 1. The van der Waals surface area contributed by atoms with Gasteiger partial charge in [-0.3, -0.25) is 9.69 Å². The lowest BCUT2D eigenvalue weighted by atomic mass is 9.91. The first kappa shape index (κ1) is 19.3. The summed E-state index contributed by atoms with van der Waals surface area (Å²) >= 11 is 0. The third kappa shape index (κ3) is 3.74. The van der Waals surface area contributed by atoms with Crippen LogP contribution in [0.5, 0.6) is 0 Å². The number of carbonyl (C=O) groups excluding carboxylic acids is 1. The standard InChI is InChI=1S/C23H30N6O/c24-20-7-2-1-6-19(20)22(30)28-10-8-17-16-25-23(26-21(17)9-11-28)29-14-12-27(13-15-29)18-4-3-5-18/h1-2,6-7,16,18H,3-5,8-15,24H2. The molecule has 1 saturated carbocycles. The van der Waals surface area contributed by atoms with Crippen molar-refractivity contribution in [1.29, 1.82) is 0 Å². The first-order valence-corrected chi connectivity index (χ1v) is 11.2. The summed E-state index contributed by atoms with van der Waals surface area (Å²) in [7, 11) is 0. The molecule has 0 bridgehead atoms. The van der Waals surface area contributed by atoms with E-state index in [0.717, 1.165) is 62.3 Å². The van der Waals surface area contributed by atoms with E-state index in [-0.39, 0.29) is 5.91 Å². The quantitative estimate of drug-likeness (QED) is 0.786. The second kappa shape index (κ2) is 8.22. The Kier molecular flexibility index (Phi) is 5.29. The number of nitrogens with two attached hydrogens (primary N) is 1. The molecule has 2 N–H and O–H groups in total. The molecule has 30 heavy (non-hydrogen) atoms. The van der Waals surface area contributed by atoms with Crippen LogP contribution in [0.1, 0.15) is 40.9 Å². The van der Waals surface area contributed by atoms with Gasteiger partial charge in [-0.25, -0.2) is 9.97 Å². The van der Waals surface area contributed by atoms with Gasteiger partial charge in [0.15, 0.2) is 0 Å². The maximum atomic E-state index is 13.0. The third-order valence-corrected chi connectivity index (χ3v) is 6.88. The van der Waals surface area contributed by atoms with E-state index >= 15 is 0 Å². The largest absolute Gasteiger partial charge is 0.398 e. The average Bonchev–Trinajstić information content (AvgIpc) is 2.95. The zero-order valence-electron chi connectivity index (χ0n) is 17.5. The molecule has 3 heterocycles. The SMILES string of the molecule is Nc1ccccc1C(=O)N1CCc2cnc(N3CCN(C4CCC4)CC3)nc2CC1. The molecule has 0 radical (unpaired) electrons. The number of para-hydroxylation sites is 1. The number of aromatic nitrogens is 2. The number of benzene rings is 1. The van der Waals surface area contributed by atoms with Gasteiger partial charge in [-0.15, -0.1) is 0 Å². The molecule has 2 fully saturated rings. The second-order valence-electron chi connectivity index (χ2n) is 8.63. The summed E-state index contributed by atoms with van der Waals surface area (Å²) in [5.74, 6) is 0.843. The van der Waals surface area contributed by atoms with Gasteiger partial charge in [-0.05, 0) is 37.0 Å². The molecule has 2 aromatic rings. The number of nitrogen functional groups attached to an aromatic ring is 1. The van der Waals surface area contributed by atoms with Crippen molar-refractivity contribution in [2.45, 2.75) is 38.1 Å². The molecule has 0 spiro atoms. The van der Waals surface area contributed by atoms with Crippen molar-refractivity contribution in [2.75, 3.05) is 49.9 Å². The van der Waals surface area contributed by atoms with E-state index in [1.807, 2.05) is 23.2 Å². The van der Waals surface area contributed by atoms with Crippen LogP contribution >= 0.6 is 0 Å². The molecule has 1 amide bonds. The van der Waals surface area contributed by atoms with Crippen molar-refractivity contribution in [3.63, 3.8) is 0 Å². The summed E-state index contributed by atoms with van der Waals surface area (Å²) in [6.07, 6.45) is 7.61. The third-order valence-electron chi connectivity index (χ3n) is 6.88. The Labute approximate surface area is 177 Å². The molecule has 1 aromatic carbocycles. The van der Waals surface area contributed by atoms with Gasteiger partial charge in [0.1, 0.15) is 0 Å². The van der Waals surface area contributed by atoms with Crippen molar-refractivity contribution in [1.82, 2.24) is 19.8 Å². The molecule has 1 aliphatic carbocycles. The number of piperazine rings is 1. The lowest BCUT2D eigenvalue weighted by molar-refractivity contribution is 0.0764. The van der Waals surface area contributed by atoms with E-state index < -0.39 is 0 Å². The van der Waals surface area contributed by atoms with Crippen LogP contribution < -0.4 is 10.6 Å². The van der Waals surface area contributed by atoms with Crippen molar-refractivity contribution in [3.05, 3.63) is 47.3 Å². The maximum absolute atomic E-state index is 13.0. The van der Waals surface area contributed by atoms with Crippen molar-refractivity contribution in [3.8, 4) is 0 Å². The van der Waals surface area contributed by atoms with Crippen LogP contribution in [-0.4, -0.2) is 71.0 Å². The molecular weight excluding hydrogens is 376 g/mol.